The minimum absolute atomic E-state index is 0.341. The van der Waals surface area contributed by atoms with Crippen molar-refractivity contribution >= 4 is 38.9 Å². The Morgan fingerprint density at radius 1 is 1.28 bits per heavy atom. The molecule has 0 spiro atoms. The molecule has 0 unspecified atom stereocenters. The van der Waals surface area contributed by atoms with E-state index in [-0.39, 0.29) is 5.82 Å². The van der Waals surface area contributed by atoms with E-state index < -0.39 is 0 Å². The molecule has 0 aliphatic heterocycles. The second kappa shape index (κ2) is 5.38. The van der Waals surface area contributed by atoms with E-state index in [1.54, 1.807) is 30.3 Å². The Bertz CT molecular complexity index is 637. The Morgan fingerprint density at radius 2 is 2.06 bits per heavy atom. The molecule has 90 valence electrons. The van der Waals surface area contributed by atoms with Gasteiger partial charge in [-0.3, -0.25) is 0 Å². The first-order valence-electron chi connectivity index (χ1n) is 5.02. The van der Waals surface area contributed by atoms with Crippen molar-refractivity contribution in [3.63, 3.8) is 0 Å². The molecule has 0 aliphatic carbocycles. The summed E-state index contributed by atoms with van der Waals surface area (Å²) in [7, 11) is 0. The summed E-state index contributed by atoms with van der Waals surface area (Å²) in [6, 6.07) is 11.7. The van der Waals surface area contributed by atoms with Gasteiger partial charge >= 0.3 is 0 Å². The molecule has 18 heavy (non-hydrogen) atoms. The van der Waals surface area contributed by atoms with Crippen LogP contribution >= 0.6 is 27.5 Å². The molecule has 5 heteroatoms. The first kappa shape index (κ1) is 12.9. The fourth-order valence-electron chi connectivity index (χ4n) is 1.47. The zero-order valence-electron chi connectivity index (χ0n) is 9.05. The second-order valence-electron chi connectivity index (χ2n) is 3.53. The number of nitrogens with one attached hydrogen (secondary N) is 1. The molecule has 1 N–H and O–H groups in total. The van der Waals surface area contributed by atoms with Gasteiger partial charge in [-0.15, -0.1) is 0 Å². The second-order valence-corrected chi connectivity index (χ2v) is 4.79. The fourth-order valence-corrected chi connectivity index (χ4v) is 2.07. The van der Waals surface area contributed by atoms with Gasteiger partial charge in [0.1, 0.15) is 11.9 Å². The maximum atomic E-state index is 13.1. The van der Waals surface area contributed by atoms with E-state index in [1.165, 1.54) is 6.07 Å². The molecular formula is C13H7BrClFN2. The molecule has 0 radical (unpaired) electrons. The lowest BCUT2D eigenvalue weighted by Gasteiger charge is -2.09. The molecule has 2 rings (SSSR count). The molecule has 0 aliphatic rings. The monoisotopic (exact) mass is 324 g/mol. The summed E-state index contributed by atoms with van der Waals surface area (Å²) >= 11 is 9.02. The normalized spacial score (nSPS) is 9.89. The highest BCUT2D eigenvalue weighted by molar-refractivity contribution is 9.10. The van der Waals surface area contributed by atoms with Gasteiger partial charge < -0.3 is 5.32 Å². The van der Waals surface area contributed by atoms with Crippen LogP contribution in [0.3, 0.4) is 0 Å². The van der Waals surface area contributed by atoms with E-state index in [0.29, 0.717) is 26.4 Å². The fraction of sp³-hybridized carbons (Fsp3) is 0. The first-order valence-corrected chi connectivity index (χ1v) is 6.19. The van der Waals surface area contributed by atoms with Gasteiger partial charge in [0.2, 0.25) is 0 Å². The lowest BCUT2D eigenvalue weighted by atomic mass is 10.2. The van der Waals surface area contributed by atoms with Gasteiger partial charge in [0.05, 0.1) is 20.7 Å². The molecule has 0 saturated carbocycles. The Kier molecular flexibility index (Phi) is 3.85. The topological polar surface area (TPSA) is 35.8 Å². The molecule has 0 atom stereocenters. The number of halogens is 3. The number of nitrogens with zero attached hydrogens (tertiary/aromatic N) is 1. The molecule has 0 fully saturated rings. The van der Waals surface area contributed by atoms with E-state index >= 15 is 0 Å². The molecular weight excluding hydrogens is 319 g/mol. The molecule has 0 amide bonds. The Balaban J connectivity index is 2.37. The van der Waals surface area contributed by atoms with Crippen LogP contribution in [0.25, 0.3) is 0 Å². The van der Waals surface area contributed by atoms with Crippen molar-refractivity contribution in [1.29, 1.82) is 5.26 Å². The minimum Gasteiger partial charge on any atom is -0.354 e. The van der Waals surface area contributed by atoms with Gasteiger partial charge in [-0.2, -0.15) is 5.26 Å². The maximum Gasteiger partial charge on any atom is 0.137 e. The predicted octanol–water partition coefficient (Wildman–Crippen LogP) is 4.86. The molecule has 2 nitrogen and oxygen atoms in total. The number of hydrogen-bond acceptors (Lipinski definition) is 2. The zero-order chi connectivity index (χ0) is 13.1. The zero-order valence-corrected chi connectivity index (χ0v) is 11.4. The van der Waals surface area contributed by atoms with Gasteiger partial charge in [0.15, 0.2) is 0 Å². The van der Waals surface area contributed by atoms with E-state index in [9.17, 15) is 4.39 Å². The number of nitriles is 1. The summed E-state index contributed by atoms with van der Waals surface area (Å²) in [6.07, 6.45) is 0. The van der Waals surface area contributed by atoms with Crippen LogP contribution in [0.5, 0.6) is 0 Å². The summed E-state index contributed by atoms with van der Waals surface area (Å²) in [4.78, 5) is 0. The van der Waals surface area contributed by atoms with Crippen molar-refractivity contribution in [3.8, 4) is 6.07 Å². The van der Waals surface area contributed by atoms with Crippen LogP contribution < -0.4 is 5.32 Å². The lowest BCUT2D eigenvalue weighted by molar-refractivity contribution is 0.621. The van der Waals surface area contributed by atoms with Crippen LogP contribution in [0, 0.1) is 17.1 Å². The third kappa shape index (κ3) is 2.63. The van der Waals surface area contributed by atoms with E-state index in [2.05, 4.69) is 21.2 Å². The first-order chi connectivity index (χ1) is 8.61. The molecule has 0 aromatic heterocycles. The predicted molar refractivity (Wildman–Crippen MR) is 73.5 cm³/mol. The standard InChI is InChI=1S/C13H7BrClFN2/c14-10-6-8(4-5-12(10)16)18-13-3-1-2-11(15)9(13)7-17/h1-6,18H. The van der Waals surface area contributed by atoms with Crippen molar-refractivity contribution in [3.05, 3.63) is 57.3 Å². The molecule has 0 heterocycles. The van der Waals surface area contributed by atoms with Crippen LogP contribution in [-0.4, -0.2) is 0 Å². The van der Waals surface area contributed by atoms with Gasteiger partial charge in [-0.05, 0) is 46.3 Å². The van der Waals surface area contributed by atoms with Crippen molar-refractivity contribution in [2.45, 2.75) is 0 Å². The molecule has 2 aromatic rings. The van der Waals surface area contributed by atoms with Gasteiger partial charge in [0.25, 0.3) is 0 Å². The van der Waals surface area contributed by atoms with Crippen molar-refractivity contribution in [2.24, 2.45) is 0 Å². The van der Waals surface area contributed by atoms with Gasteiger partial charge in [-0.1, -0.05) is 17.7 Å². The molecule has 0 saturated heterocycles. The number of rotatable bonds is 2. The number of benzene rings is 2. The Morgan fingerprint density at radius 3 is 2.72 bits per heavy atom. The lowest BCUT2D eigenvalue weighted by Crippen LogP contribution is -1.94. The van der Waals surface area contributed by atoms with E-state index in [4.69, 9.17) is 16.9 Å². The van der Waals surface area contributed by atoms with E-state index in [0.717, 1.165) is 0 Å². The SMILES string of the molecule is N#Cc1c(Cl)cccc1Nc1ccc(F)c(Br)c1. The van der Waals surface area contributed by atoms with E-state index in [1.807, 2.05) is 6.07 Å². The highest BCUT2D eigenvalue weighted by Crippen LogP contribution is 2.28. The van der Waals surface area contributed by atoms with Crippen LogP contribution in [0.15, 0.2) is 40.9 Å². The third-order valence-corrected chi connectivity index (χ3v) is 3.25. The summed E-state index contributed by atoms with van der Waals surface area (Å²) in [5.41, 5.74) is 1.62. The minimum atomic E-state index is -0.341. The highest BCUT2D eigenvalue weighted by atomic mass is 79.9. The molecule has 2 aromatic carbocycles. The van der Waals surface area contributed by atoms with Crippen LogP contribution in [0.4, 0.5) is 15.8 Å². The quantitative estimate of drug-likeness (QED) is 0.856. The van der Waals surface area contributed by atoms with Crippen LogP contribution in [0.2, 0.25) is 5.02 Å². The van der Waals surface area contributed by atoms with Crippen LogP contribution in [-0.2, 0) is 0 Å². The van der Waals surface area contributed by atoms with Gasteiger partial charge in [-0.25, -0.2) is 4.39 Å². The highest BCUT2D eigenvalue weighted by Gasteiger charge is 2.07. The Hall–Kier alpha value is -1.57. The van der Waals surface area contributed by atoms with Crippen molar-refractivity contribution < 1.29 is 4.39 Å². The number of hydrogen-bond donors (Lipinski definition) is 1. The summed E-state index contributed by atoms with van der Waals surface area (Å²) in [6.45, 7) is 0. The van der Waals surface area contributed by atoms with Crippen molar-refractivity contribution in [1.82, 2.24) is 0 Å². The third-order valence-electron chi connectivity index (χ3n) is 2.32. The summed E-state index contributed by atoms with van der Waals surface area (Å²) in [5.74, 6) is -0.341. The number of anilines is 2. The largest absolute Gasteiger partial charge is 0.354 e. The smallest absolute Gasteiger partial charge is 0.137 e. The molecule has 0 bridgehead atoms. The van der Waals surface area contributed by atoms with Crippen LogP contribution in [0.1, 0.15) is 5.56 Å². The Labute approximate surface area is 117 Å². The average Bonchev–Trinajstić information content (AvgIpc) is 2.34. The summed E-state index contributed by atoms with van der Waals surface area (Å²) in [5, 5.41) is 12.4. The average molecular weight is 326 g/mol. The summed E-state index contributed by atoms with van der Waals surface area (Å²) < 4.78 is 13.5. The van der Waals surface area contributed by atoms with Crippen molar-refractivity contribution in [2.75, 3.05) is 5.32 Å². The maximum absolute atomic E-state index is 13.1. The van der Waals surface area contributed by atoms with Gasteiger partial charge in [0, 0.05) is 5.69 Å².